The third-order valence-corrected chi connectivity index (χ3v) is 4.42. The molecule has 0 aromatic heterocycles. The first-order chi connectivity index (χ1) is 8.65. The molecule has 0 aromatic rings. The Kier molecular flexibility index (Phi) is 4.38. The number of amides is 2. The number of hydrogen-bond donors (Lipinski definition) is 1. The van der Waals surface area contributed by atoms with Gasteiger partial charge in [-0.25, -0.2) is 0 Å². The Morgan fingerprint density at radius 1 is 1.17 bits per heavy atom. The van der Waals surface area contributed by atoms with Crippen LogP contribution in [-0.2, 0) is 9.59 Å². The number of imide groups is 1. The zero-order valence-electron chi connectivity index (χ0n) is 11.4. The molecule has 1 atom stereocenters. The van der Waals surface area contributed by atoms with E-state index < -0.39 is 0 Å². The van der Waals surface area contributed by atoms with Crippen LogP contribution in [0.1, 0.15) is 52.4 Å². The molecular formula is C14H24N2O2. The monoisotopic (exact) mass is 252 g/mol. The van der Waals surface area contributed by atoms with Gasteiger partial charge in [-0.15, -0.1) is 0 Å². The fourth-order valence-electron chi connectivity index (χ4n) is 3.17. The highest BCUT2D eigenvalue weighted by Crippen LogP contribution is 2.27. The summed E-state index contributed by atoms with van der Waals surface area (Å²) in [5, 5.41) is 3.39. The number of nitrogens with zero attached hydrogens (tertiary/aromatic N) is 1. The number of nitrogens with one attached hydrogen (secondary N) is 1. The van der Waals surface area contributed by atoms with Gasteiger partial charge in [0.05, 0.1) is 12.5 Å². The highest BCUT2D eigenvalue weighted by Gasteiger charge is 2.38. The molecule has 2 fully saturated rings. The molecule has 18 heavy (non-hydrogen) atoms. The Balaban J connectivity index is 1.84. The summed E-state index contributed by atoms with van der Waals surface area (Å²) in [6, 6.07) is 0.159. The van der Waals surface area contributed by atoms with Crippen molar-refractivity contribution in [3.63, 3.8) is 0 Å². The minimum atomic E-state index is -0.263. The van der Waals surface area contributed by atoms with Crippen LogP contribution in [0.3, 0.4) is 0 Å². The van der Waals surface area contributed by atoms with Gasteiger partial charge in [-0.2, -0.15) is 0 Å². The lowest BCUT2D eigenvalue weighted by molar-refractivity contribution is -0.138. The van der Waals surface area contributed by atoms with E-state index in [0.29, 0.717) is 19.0 Å². The van der Waals surface area contributed by atoms with Crippen LogP contribution in [0.2, 0.25) is 0 Å². The zero-order chi connectivity index (χ0) is 13.1. The van der Waals surface area contributed by atoms with E-state index in [4.69, 9.17) is 0 Å². The van der Waals surface area contributed by atoms with Gasteiger partial charge in [0, 0.05) is 12.6 Å². The molecule has 2 amide bonds. The summed E-state index contributed by atoms with van der Waals surface area (Å²) in [4.78, 5) is 25.0. The lowest BCUT2D eigenvalue weighted by atomic mass is 9.84. The molecule has 2 rings (SSSR count). The van der Waals surface area contributed by atoms with Crippen LogP contribution in [0.15, 0.2) is 0 Å². The van der Waals surface area contributed by atoms with Crippen molar-refractivity contribution in [1.29, 1.82) is 0 Å². The van der Waals surface area contributed by atoms with Crippen molar-refractivity contribution < 1.29 is 9.59 Å². The molecule has 0 radical (unpaired) electrons. The fourth-order valence-corrected chi connectivity index (χ4v) is 3.17. The lowest BCUT2D eigenvalue weighted by Crippen LogP contribution is -2.45. The Hall–Kier alpha value is -0.900. The normalized spacial score (nSPS) is 33.2. The van der Waals surface area contributed by atoms with Crippen molar-refractivity contribution in [3.05, 3.63) is 0 Å². The Labute approximate surface area is 109 Å². The van der Waals surface area contributed by atoms with Crippen LogP contribution in [0.25, 0.3) is 0 Å². The molecule has 1 unspecified atom stereocenters. The third-order valence-electron chi connectivity index (χ3n) is 4.42. The summed E-state index contributed by atoms with van der Waals surface area (Å²) in [5.41, 5.74) is 0. The summed E-state index contributed by atoms with van der Waals surface area (Å²) in [7, 11) is 0. The molecule has 0 spiro atoms. The fraction of sp³-hybridized carbons (Fsp3) is 0.857. The molecule has 1 saturated carbocycles. The number of hydrogen-bond acceptors (Lipinski definition) is 3. The summed E-state index contributed by atoms with van der Waals surface area (Å²) in [6.07, 6.45) is 6.39. The number of likely N-dealkylation sites (N-methyl/N-ethyl adjacent to an activating group) is 1. The summed E-state index contributed by atoms with van der Waals surface area (Å²) >= 11 is 0. The maximum absolute atomic E-state index is 12.0. The van der Waals surface area contributed by atoms with Crippen LogP contribution < -0.4 is 5.32 Å². The van der Waals surface area contributed by atoms with Gasteiger partial charge in [-0.1, -0.05) is 13.3 Å². The van der Waals surface area contributed by atoms with Crippen molar-refractivity contribution in [2.45, 2.75) is 64.5 Å². The van der Waals surface area contributed by atoms with Gasteiger partial charge in [0.2, 0.25) is 11.8 Å². The smallest absolute Gasteiger partial charge is 0.246 e. The van der Waals surface area contributed by atoms with Crippen molar-refractivity contribution in [3.8, 4) is 0 Å². The van der Waals surface area contributed by atoms with Crippen LogP contribution in [0, 0.1) is 5.92 Å². The molecular weight excluding hydrogens is 228 g/mol. The molecule has 2 aliphatic rings. The largest absolute Gasteiger partial charge is 0.303 e. The molecule has 102 valence electrons. The minimum Gasteiger partial charge on any atom is -0.303 e. The Morgan fingerprint density at radius 3 is 2.33 bits per heavy atom. The van der Waals surface area contributed by atoms with E-state index >= 15 is 0 Å². The Bertz CT molecular complexity index is 322. The van der Waals surface area contributed by atoms with E-state index in [1.807, 2.05) is 6.92 Å². The summed E-state index contributed by atoms with van der Waals surface area (Å²) in [6.45, 7) is 4.60. The molecule has 0 aromatic carbocycles. The van der Waals surface area contributed by atoms with E-state index in [0.717, 1.165) is 18.8 Å². The van der Waals surface area contributed by atoms with E-state index in [1.54, 1.807) is 0 Å². The van der Waals surface area contributed by atoms with Gasteiger partial charge in [-0.3, -0.25) is 14.5 Å². The molecule has 1 N–H and O–H groups in total. The van der Waals surface area contributed by atoms with Crippen molar-refractivity contribution in [2.75, 3.05) is 6.54 Å². The molecule has 1 heterocycles. The second-order valence-electron chi connectivity index (χ2n) is 5.53. The van der Waals surface area contributed by atoms with Crippen LogP contribution >= 0.6 is 0 Å². The molecule has 1 saturated heterocycles. The first-order valence-corrected chi connectivity index (χ1v) is 7.25. The standard InChI is InChI=1S/C14H24N2O2/c1-3-10-5-7-11(8-6-10)15-12-9-13(17)16(4-2)14(12)18/h10-12,15H,3-9H2,1-2H3. The first kappa shape index (κ1) is 13.5. The molecule has 4 nitrogen and oxygen atoms in total. The Morgan fingerprint density at radius 2 is 1.83 bits per heavy atom. The maximum atomic E-state index is 12.0. The zero-order valence-corrected chi connectivity index (χ0v) is 11.4. The number of carbonyl (C=O) groups excluding carboxylic acids is 2. The first-order valence-electron chi connectivity index (χ1n) is 7.25. The van der Waals surface area contributed by atoms with Gasteiger partial charge in [0.1, 0.15) is 0 Å². The topological polar surface area (TPSA) is 49.4 Å². The summed E-state index contributed by atoms with van der Waals surface area (Å²) in [5.74, 6) is 0.804. The van der Waals surface area contributed by atoms with E-state index in [1.165, 1.54) is 24.2 Å². The van der Waals surface area contributed by atoms with Crippen LogP contribution in [0.4, 0.5) is 0 Å². The minimum absolute atomic E-state index is 0.0257. The molecule has 4 heteroatoms. The van der Waals surface area contributed by atoms with Gasteiger partial charge >= 0.3 is 0 Å². The number of likely N-dealkylation sites (tertiary alicyclic amines) is 1. The second-order valence-corrected chi connectivity index (χ2v) is 5.53. The maximum Gasteiger partial charge on any atom is 0.246 e. The van der Waals surface area contributed by atoms with Crippen molar-refractivity contribution >= 4 is 11.8 Å². The van der Waals surface area contributed by atoms with E-state index in [9.17, 15) is 9.59 Å². The molecule has 1 aliphatic heterocycles. The molecule has 1 aliphatic carbocycles. The van der Waals surface area contributed by atoms with Crippen LogP contribution in [-0.4, -0.2) is 35.3 Å². The van der Waals surface area contributed by atoms with Gasteiger partial charge in [0.15, 0.2) is 0 Å². The predicted molar refractivity (Wildman–Crippen MR) is 70.0 cm³/mol. The summed E-state index contributed by atoms with van der Waals surface area (Å²) < 4.78 is 0. The second kappa shape index (κ2) is 5.83. The predicted octanol–water partition coefficient (Wildman–Crippen LogP) is 1.69. The average Bonchev–Trinajstić information content (AvgIpc) is 2.65. The molecule has 0 bridgehead atoms. The van der Waals surface area contributed by atoms with Crippen LogP contribution in [0.5, 0.6) is 0 Å². The number of carbonyl (C=O) groups is 2. The van der Waals surface area contributed by atoms with Gasteiger partial charge in [-0.05, 0) is 38.5 Å². The van der Waals surface area contributed by atoms with Crippen molar-refractivity contribution in [1.82, 2.24) is 10.2 Å². The van der Waals surface area contributed by atoms with E-state index in [2.05, 4.69) is 12.2 Å². The average molecular weight is 252 g/mol. The lowest BCUT2D eigenvalue weighted by Gasteiger charge is -2.30. The van der Waals surface area contributed by atoms with Gasteiger partial charge in [0.25, 0.3) is 0 Å². The SMILES string of the molecule is CCC1CCC(NC2CC(=O)N(CC)C2=O)CC1. The third kappa shape index (κ3) is 2.74. The highest BCUT2D eigenvalue weighted by atomic mass is 16.2. The highest BCUT2D eigenvalue weighted by molar-refractivity contribution is 6.05. The van der Waals surface area contributed by atoms with E-state index in [-0.39, 0.29) is 17.9 Å². The van der Waals surface area contributed by atoms with Crippen molar-refractivity contribution in [2.24, 2.45) is 5.92 Å². The van der Waals surface area contributed by atoms with Gasteiger partial charge < -0.3 is 5.32 Å². The number of rotatable bonds is 4. The quantitative estimate of drug-likeness (QED) is 0.775.